The van der Waals surface area contributed by atoms with E-state index in [4.69, 9.17) is 9.47 Å². The maximum atomic E-state index is 5.29. The Kier molecular flexibility index (Phi) is 4.05. The van der Waals surface area contributed by atoms with Crippen LogP contribution >= 0.6 is 0 Å². The molecule has 0 amide bonds. The summed E-state index contributed by atoms with van der Waals surface area (Å²) in [4.78, 5) is 0. The maximum Gasteiger partial charge on any atom is 0.229 e. The standard InChI is InChI=1S/C12H16O2/c1-4-13-9-14-12-7-5-11(6-8-12)10(2)3/h4-8,10H,1,9H2,2-3H3. The van der Waals surface area contributed by atoms with E-state index in [-0.39, 0.29) is 6.79 Å². The fraction of sp³-hybridized carbons (Fsp3) is 0.333. The van der Waals surface area contributed by atoms with Crippen molar-refractivity contribution < 1.29 is 9.47 Å². The fourth-order valence-electron chi connectivity index (χ4n) is 1.10. The van der Waals surface area contributed by atoms with Crippen molar-refractivity contribution in [2.24, 2.45) is 0 Å². The lowest BCUT2D eigenvalue weighted by molar-refractivity contribution is 0.0806. The zero-order chi connectivity index (χ0) is 10.4. The van der Waals surface area contributed by atoms with Crippen molar-refractivity contribution in [1.82, 2.24) is 0 Å². The molecule has 1 rings (SSSR count). The van der Waals surface area contributed by atoms with Gasteiger partial charge in [-0.15, -0.1) is 0 Å². The molecule has 14 heavy (non-hydrogen) atoms. The number of benzene rings is 1. The number of rotatable bonds is 5. The smallest absolute Gasteiger partial charge is 0.229 e. The van der Waals surface area contributed by atoms with Crippen LogP contribution in [-0.2, 0) is 4.74 Å². The van der Waals surface area contributed by atoms with Gasteiger partial charge < -0.3 is 9.47 Å². The van der Waals surface area contributed by atoms with Crippen LogP contribution in [0.15, 0.2) is 37.1 Å². The zero-order valence-corrected chi connectivity index (χ0v) is 8.69. The minimum atomic E-state index is 0.213. The molecule has 0 aromatic heterocycles. The van der Waals surface area contributed by atoms with Gasteiger partial charge in [0.1, 0.15) is 5.75 Å². The summed E-state index contributed by atoms with van der Waals surface area (Å²) in [6.45, 7) is 7.97. The molecule has 0 fully saturated rings. The average molecular weight is 192 g/mol. The molecular weight excluding hydrogens is 176 g/mol. The van der Waals surface area contributed by atoms with Gasteiger partial charge in [-0.1, -0.05) is 32.6 Å². The molecule has 76 valence electrons. The van der Waals surface area contributed by atoms with Crippen molar-refractivity contribution >= 4 is 0 Å². The Morgan fingerprint density at radius 1 is 1.29 bits per heavy atom. The van der Waals surface area contributed by atoms with E-state index in [1.807, 2.05) is 12.1 Å². The van der Waals surface area contributed by atoms with Gasteiger partial charge in [-0.2, -0.15) is 0 Å². The topological polar surface area (TPSA) is 18.5 Å². The Morgan fingerprint density at radius 2 is 1.93 bits per heavy atom. The minimum Gasteiger partial charge on any atom is -0.466 e. The minimum absolute atomic E-state index is 0.213. The molecule has 0 N–H and O–H groups in total. The Balaban J connectivity index is 2.51. The maximum absolute atomic E-state index is 5.29. The van der Waals surface area contributed by atoms with E-state index in [9.17, 15) is 0 Å². The molecule has 2 heteroatoms. The van der Waals surface area contributed by atoms with E-state index in [1.165, 1.54) is 11.8 Å². The summed E-state index contributed by atoms with van der Waals surface area (Å²) in [5.74, 6) is 1.37. The largest absolute Gasteiger partial charge is 0.466 e. The lowest BCUT2D eigenvalue weighted by atomic mass is 10.0. The Labute approximate surface area is 85.2 Å². The molecule has 0 aliphatic rings. The van der Waals surface area contributed by atoms with Gasteiger partial charge in [0, 0.05) is 0 Å². The molecule has 0 saturated carbocycles. The summed E-state index contributed by atoms with van der Waals surface area (Å²) in [6.07, 6.45) is 1.36. The Bertz CT molecular complexity index is 275. The van der Waals surface area contributed by atoms with Crippen LogP contribution in [0.5, 0.6) is 5.75 Å². The zero-order valence-electron chi connectivity index (χ0n) is 8.69. The molecular formula is C12H16O2. The van der Waals surface area contributed by atoms with Gasteiger partial charge in [0.2, 0.25) is 6.79 Å². The van der Waals surface area contributed by atoms with Crippen molar-refractivity contribution in [1.29, 1.82) is 0 Å². The van der Waals surface area contributed by atoms with Gasteiger partial charge in [-0.3, -0.25) is 0 Å². The molecule has 0 radical (unpaired) electrons. The quantitative estimate of drug-likeness (QED) is 0.405. The summed E-state index contributed by atoms with van der Waals surface area (Å²) < 4.78 is 10.1. The van der Waals surface area contributed by atoms with E-state index in [2.05, 4.69) is 32.6 Å². The highest BCUT2D eigenvalue weighted by atomic mass is 16.7. The van der Waals surface area contributed by atoms with Crippen LogP contribution in [-0.4, -0.2) is 6.79 Å². The lowest BCUT2D eigenvalue weighted by Gasteiger charge is -2.08. The number of ether oxygens (including phenoxy) is 2. The molecule has 0 spiro atoms. The molecule has 0 heterocycles. The molecule has 2 nitrogen and oxygen atoms in total. The summed E-state index contributed by atoms with van der Waals surface area (Å²) in [5.41, 5.74) is 1.31. The van der Waals surface area contributed by atoms with E-state index in [0.29, 0.717) is 5.92 Å². The second kappa shape index (κ2) is 5.32. The summed E-state index contributed by atoms with van der Waals surface area (Å²) >= 11 is 0. The van der Waals surface area contributed by atoms with Crippen molar-refractivity contribution in [3.63, 3.8) is 0 Å². The van der Waals surface area contributed by atoms with Gasteiger partial charge in [-0.05, 0) is 23.6 Å². The molecule has 0 aliphatic heterocycles. The van der Waals surface area contributed by atoms with Crippen molar-refractivity contribution in [3.05, 3.63) is 42.7 Å². The van der Waals surface area contributed by atoms with Crippen molar-refractivity contribution in [2.75, 3.05) is 6.79 Å². The second-order valence-corrected chi connectivity index (χ2v) is 3.32. The first-order chi connectivity index (χ1) is 6.74. The van der Waals surface area contributed by atoms with Crippen LogP contribution in [0.25, 0.3) is 0 Å². The van der Waals surface area contributed by atoms with Crippen LogP contribution in [0.3, 0.4) is 0 Å². The van der Waals surface area contributed by atoms with E-state index < -0.39 is 0 Å². The second-order valence-electron chi connectivity index (χ2n) is 3.32. The third-order valence-corrected chi connectivity index (χ3v) is 1.96. The highest BCUT2D eigenvalue weighted by Crippen LogP contribution is 2.18. The lowest BCUT2D eigenvalue weighted by Crippen LogP contribution is -1.98. The third-order valence-electron chi connectivity index (χ3n) is 1.96. The summed E-state index contributed by atoms with van der Waals surface area (Å²) in [5, 5.41) is 0. The van der Waals surface area contributed by atoms with Gasteiger partial charge in [0.15, 0.2) is 0 Å². The fourth-order valence-corrected chi connectivity index (χ4v) is 1.10. The Hall–Kier alpha value is -1.44. The monoisotopic (exact) mass is 192 g/mol. The van der Waals surface area contributed by atoms with Crippen LogP contribution in [0.2, 0.25) is 0 Å². The third kappa shape index (κ3) is 3.13. The van der Waals surface area contributed by atoms with Crippen LogP contribution < -0.4 is 4.74 Å². The Morgan fingerprint density at radius 3 is 2.43 bits per heavy atom. The van der Waals surface area contributed by atoms with E-state index in [0.717, 1.165) is 5.75 Å². The molecule has 0 aliphatic carbocycles. The van der Waals surface area contributed by atoms with Gasteiger partial charge in [-0.25, -0.2) is 0 Å². The van der Waals surface area contributed by atoms with Crippen LogP contribution in [0, 0.1) is 0 Å². The first kappa shape index (κ1) is 10.6. The predicted molar refractivity (Wildman–Crippen MR) is 57.3 cm³/mol. The van der Waals surface area contributed by atoms with Gasteiger partial charge in [0.25, 0.3) is 0 Å². The summed E-state index contributed by atoms with van der Waals surface area (Å²) in [6, 6.07) is 8.02. The molecule has 0 unspecified atom stereocenters. The summed E-state index contributed by atoms with van der Waals surface area (Å²) in [7, 11) is 0. The van der Waals surface area contributed by atoms with Crippen LogP contribution in [0.4, 0.5) is 0 Å². The average Bonchev–Trinajstić information content (AvgIpc) is 2.19. The molecule has 0 atom stereocenters. The highest BCUT2D eigenvalue weighted by molar-refractivity contribution is 5.28. The predicted octanol–water partition coefficient (Wildman–Crippen LogP) is 3.31. The first-order valence-corrected chi connectivity index (χ1v) is 4.69. The normalized spacial score (nSPS) is 9.93. The van der Waals surface area contributed by atoms with Crippen LogP contribution in [0.1, 0.15) is 25.3 Å². The van der Waals surface area contributed by atoms with E-state index in [1.54, 1.807) is 0 Å². The van der Waals surface area contributed by atoms with Gasteiger partial charge >= 0.3 is 0 Å². The number of hydrogen-bond donors (Lipinski definition) is 0. The number of hydrogen-bond acceptors (Lipinski definition) is 2. The van der Waals surface area contributed by atoms with E-state index >= 15 is 0 Å². The molecule has 1 aromatic carbocycles. The van der Waals surface area contributed by atoms with Gasteiger partial charge in [0.05, 0.1) is 6.26 Å². The van der Waals surface area contributed by atoms with Crippen molar-refractivity contribution in [3.8, 4) is 5.75 Å². The molecule has 0 saturated heterocycles. The molecule has 0 bridgehead atoms. The van der Waals surface area contributed by atoms with Crippen molar-refractivity contribution in [2.45, 2.75) is 19.8 Å². The SMILES string of the molecule is C=COCOc1ccc(C(C)C)cc1. The highest BCUT2D eigenvalue weighted by Gasteiger charge is 1.98. The molecule has 1 aromatic rings. The first-order valence-electron chi connectivity index (χ1n) is 4.69.